The van der Waals surface area contributed by atoms with Crippen molar-refractivity contribution >= 4 is 43.1 Å². The van der Waals surface area contributed by atoms with E-state index in [-0.39, 0.29) is 75.6 Å². The summed E-state index contributed by atoms with van der Waals surface area (Å²) in [5.74, 6) is -2.15. The first-order valence-corrected chi connectivity index (χ1v) is 16.1. The molecular weight excluding hydrogens is 646 g/mol. The SMILES string of the molecule is CN(c1nc(OC[C@@]23CCCN2C[C@H](F)C3)nc2c(F)c(-c3ccc(F)c4sc(N)c(C#N)c34)c(C(F)(F)F)cc12)[C@H]1CCCOC1. The topological polar surface area (TPSA) is 101 Å². The van der Waals surface area contributed by atoms with Gasteiger partial charge in [-0.1, -0.05) is 6.07 Å². The van der Waals surface area contributed by atoms with E-state index in [1.165, 1.54) is 0 Å². The molecular formula is C32H30F6N6O2S. The number of hydrogen-bond donors (Lipinski definition) is 1. The average molecular weight is 677 g/mol. The number of hydrogen-bond acceptors (Lipinski definition) is 9. The van der Waals surface area contributed by atoms with Crippen LogP contribution in [0.4, 0.5) is 37.2 Å². The molecule has 0 unspecified atom stereocenters. The van der Waals surface area contributed by atoms with Gasteiger partial charge in [-0.3, -0.25) is 4.90 Å². The fourth-order valence-electron chi connectivity index (χ4n) is 7.37. The molecule has 2 N–H and O–H groups in total. The largest absolute Gasteiger partial charge is 0.461 e. The van der Waals surface area contributed by atoms with Crippen LogP contribution >= 0.6 is 11.3 Å². The summed E-state index contributed by atoms with van der Waals surface area (Å²) in [6.07, 6.45) is -2.94. The number of nitrogens with two attached hydrogens (primary N) is 1. The van der Waals surface area contributed by atoms with Gasteiger partial charge in [-0.25, -0.2) is 13.2 Å². The van der Waals surface area contributed by atoms with Crippen LogP contribution in [0.15, 0.2) is 18.2 Å². The zero-order valence-electron chi connectivity index (χ0n) is 25.3. The quantitative estimate of drug-likeness (QED) is 0.222. The molecule has 7 rings (SSSR count). The van der Waals surface area contributed by atoms with E-state index < -0.39 is 46.2 Å². The summed E-state index contributed by atoms with van der Waals surface area (Å²) in [5, 5.41) is 9.24. The first-order valence-electron chi connectivity index (χ1n) is 15.3. The summed E-state index contributed by atoms with van der Waals surface area (Å²) in [7, 11) is 1.64. The van der Waals surface area contributed by atoms with Gasteiger partial charge in [-0.2, -0.15) is 28.4 Å². The molecule has 0 bridgehead atoms. The smallest absolute Gasteiger partial charge is 0.417 e. The number of fused-ring (bicyclic) bond motifs is 3. The van der Waals surface area contributed by atoms with Crippen LogP contribution in [0.2, 0.25) is 0 Å². The molecule has 2 aromatic carbocycles. The molecule has 0 spiro atoms. The second-order valence-electron chi connectivity index (χ2n) is 12.4. The standard InChI is InChI=1S/C32H30F6N6O2S/c1-43(17-4-2-9-45-14-17)29-19-10-21(32(36,37)38)24(18-5-6-22(34)27-23(18)20(12-39)28(40)47-27)25(35)26(19)41-30(42-29)46-15-31-7-3-8-44(31)13-16(33)11-31/h5-6,10,16-17H,2-4,7-9,11,13-15,40H2,1H3/t16-,17+,31+/m1/s1. The van der Waals surface area contributed by atoms with Crippen LogP contribution in [0.3, 0.4) is 0 Å². The van der Waals surface area contributed by atoms with Gasteiger partial charge in [-0.15, -0.1) is 11.3 Å². The van der Waals surface area contributed by atoms with E-state index in [1.54, 1.807) is 11.9 Å². The van der Waals surface area contributed by atoms with Crippen molar-refractivity contribution in [3.63, 3.8) is 0 Å². The van der Waals surface area contributed by atoms with E-state index in [0.29, 0.717) is 43.8 Å². The van der Waals surface area contributed by atoms with E-state index in [9.17, 15) is 27.2 Å². The Morgan fingerprint density at radius 3 is 2.79 bits per heavy atom. The number of aromatic nitrogens is 2. The van der Waals surface area contributed by atoms with Crippen molar-refractivity contribution in [3.8, 4) is 23.2 Å². The highest BCUT2D eigenvalue weighted by atomic mass is 32.1. The van der Waals surface area contributed by atoms with E-state index in [1.807, 2.05) is 11.0 Å². The van der Waals surface area contributed by atoms with Gasteiger partial charge < -0.3 is 20.1 Å². The Morgan fingerprint density at radius 2 is 2.06 bits per heavy atom. The Kier molecular flexibility index (Phi) is 7.88. The molecule has 0 aliphatic carbocycles. The van der Waals surface area contributed by atoms with Crippen molar-refractivity contribution < 1.29 is 35.8 Å². The summed E-state index contributed by atoms with van der Waals surface area (Å²) in [6, 6.07) is 3.99. The van der Waals surface area contributed by atoms with Crippen molar-refractivity contribution in [2.45, 2.75) is 56.0 Å². The molecule has 5 heterocycles. The Hall–Kier alpha value is -3.87. The lowest BCUT2D eigenvalue weighted by molar-refractivity contribution is -0.137. The van der Waals surface area contributed by atoms with Crippen LogP contribution in [0.1, 0.15) is 43.2 Å². The summed E-state index contributed by atoms with van der Waals surface area (Å²) in [6.45, 7) is 1.82. The highest BCUT2D eigenvalue weighted by Gasteiger charge is 2.49. The zero-order valence-corrected chi connectivity index (χ0v) is 26.1. The van der Waals surface area contributed by atoms with Crippen molar-refractivity contribution in [2.75, 3.05) is 50.6 Å². The minimum absolute atomic E-state index is 0.00811. The zero-order chi connectivity index (χ0) is 33.2. The predicted molar refractivity (Wildman–Crippen MR) is 165 cm³/mol. The van der Waals surface area contributed by atoms with Crippen molar-refractivity contribution in [1.82, 2.24) is 14.9 Å². The Bertz CT molecular complexity index is 1920. The molecule has 3 aliphatic rings. The molecule has 0 saturated carbocycles. The summed E-state index contributed by atoms with van der Waals surface area (Å²) in [4.78, 5) is 12.5. The third-order valence-electron chi connectivity index (χ3n) is 9.64. The average Bonchev–Trinajstić information content (AvgIpc) is 3.69. The van der Waals surface area contributed by atoms with Crippen LogP contribution < -0.4 is 15.4 Å². The number of halogens is 6. The van der Waals surface area contributed by atoms with Crippen LogP contribution in [0.25, 0.3) is 32.1 Å². The fourth-order valence-corrected chi connectivity index (χ4v) is 8.32. The maximum Gasteiger partial charge on any atom is 0.417 e. The molecule has 3 aliphatic heterocycles. The number of benzene rings is 2. The lowest BCUT2D eigenvalue weighted by atomic mass is 9.92. The molecule has 3 saturated heterocycles. The van der Waals surface area contributed by atoms with Crippen molar-refractivity contribution in [1.29, 1.82) is 5.26 Å². The minimum atomic E-state index is -5.07. The van der Waals surface area contributed by atoms with Crippen LogP contribution in [-0.2, 0) is 10.9 Å². The van der Waals surface area contributed by atoms with E-state index in [0.717, 1.165) is 24.6 Å². The number of alkyl halides is 4. The summed E-state index contributed by atoms with van der Waals surface area (Å²) in [5.41, 5.74) is 2.05. The Balaban J connectivity index is 1.45. The number of nitrogen functional groups attached to an aromatic ring is 1. The Labute approximate surface area is 269 Å². The maximum absolute atomic E-state index is 16.9. The lowest BCUT2D eigenvalue weighted by Crippen LogP contribution is -2.43. The van der Waals surface area contributed by atoms with E-state index in [4.69, 9.17) is 15.2 Å². The van der Waals surface area contributed by atoms with E-state index in [2.05, 4.69) is 9.97 Å². The number of anilines is 2. The molecule has 3 fully saturated rings. The first kappa shape index (κ1) is 31.7. The van der Waals surface area contributed by atoms with Gasteiger partial charge in [0.1, 0.15) is 41.0 Å². The summed E-state index contributed by atoms with van der Waals surface area (Å²) < 4.78 is 102. The van der Waals surface area contributed by atoms with Crippen LogP contribution in [0.5, 0.6) is 6.01 Å². The van der Waals surface area contributed by atoms with Crippen LogP contribution in [0, 0.1) is 23.0 Å². The van der Waals surface area contributed by atoms with Gasteiger partial charge in [-0.05, 0) is 49.9 Å². The number of nitriles is 1. The van der Waals surface area contributed by atoms with E-state index >= 15 is 4.39 Å². The van der Waals surface area contributed by atoms with Gasteiger partial charge in [0.25, 0.3) is 0 Å². The third-order valence-corrected chi connectivity index (χ3v) is 10.7. The van der Waals surface area contributed by atoms with Gasteiger partial charge in [0, 0.05) is 43.0 Å². The number of nitrogens with zero attached hydrogens (tertiary/aromatic N) is 5. The molecule has 0 radical (unpaired) electrons. The normalized spacial score (nSPS) is 23.4. The number of thiophene rings is 1. The number of ether oxygens (including phenoxy) is 2. The van der Waals surface area contributed by atoms with Gasteiger partial charge in [0.15, 0.2) is 5.82 Å². The van der Waals surface area contributed by atoms with Gasteiger partial charge in [0.05, 0.1) is 34.0 Å². The monoisotopic (exact) mass is 676 g/mol. The molecule has 3 atom stereocenters. The number of likely N-dealkylation sites (N-methyl/N-ethyl adjacent to an activating group) is 1. The first-order chi connectivity index (χ1) is 22.4. The molecule has 0 amide bonds. The fraction of sp³-hybridized carbons (Fsp3) is 0.469. The van der Waals surface area contributed by atoms with Gasteiger partial charge in [0.2, 0.25) is 0 Å². The molecule has 4 aromatic rings. The second kappa shape index (κ2) is 11.7. The Morgan fingerprint density at radius 1 is 1.26 bits per heavy atom. The minimum Gasteiger partial charge on any atom is -0.461 e. The molecule has 8 nitrogen and oxygen atoms in total. The summed E-state index contributed by atoms with van der Waals surface area (Å²) >= 11 is 0.694. The highest BCUT2D eigenvalue weighted by molar-refractivity contribution is 7.23. The molecule has 2 aromatic heterocycles. The third kappa shape index (κ3) is 5.30. The number of rotatable bonds is 6. The predicted octanol–water partition coefficient (Wildman–Crippen LogP) is 6.83. The van der Waals surface area contributed by atoms with Crippen molar-refractivity contribution in [3.05, 3.63) is 41.0 Å². The molecule has 47 heavy (non-hydrogen) atoms. The van der Waals surface area contributed by atoms with Crippen LogP contribution in [-0.4, -0.2) is 72.6 Å². The highest BCUT2D eigenvalue weighted by Crippen LogP contribution is 2.48. The maximum atomic E-state index is 16.9. The molecule has 15 heteroatoms. The van der Waals surface area contributed by atoms with Gasteiger partial charge >= 0.3 is 12.2 Å². The van der Waals surface area contributed by atoms with Crippen molar-refractivity contribution in [2.24, 2.45) is 0 Å². The molecule has 248 valence electrons. The lowest BCUT2D eigenvalue weighted by Gasteiger charge is -2.33. The second-order valence-corrected chi connectivity index (χ2v) is 13.5.